The molecule has 1 aliphatic rings. The molecule has 7 heteroatoms. The first kappa shape index (κ1) is 14.9. The van der Waals surface area contributed by atoms with Gasteiger partial charge in [-0.3, -0.25) is 19.8 Å². The van der Waals surface area contributed by atoms with E-state index in [1.54, 1.807) is 23.1 Å². The lowest BCUT2D eigenvalue weighted by molar-refractivity contribution is -0.121. The van der Waals surface area contributed by atoms with Crippen molar-refractivity contribution in [1.82, 2.24) is 10.2 Å². The molecule has 1 saturated heterocycles. The number of rotatable bonds is 3. The van der Waals surface area contributed by atoms with Crippen molar-refractivity contribution in [2.45, 2.75) is 12.2 Å². The second-order valence-electron chi connectivity index (χ2n) is 4.69. The lowest BCUT2D eigenvalue weighted by Gasteiger charge is -2.13. The minimum Gasteiger partial charge on any atom is -0.389 e. The van der Waals surface area contributed by atoms with Crippen molar-refractivity contribution >= 4 is 23.4 Å². The molecule has 0 saturated carbocycles. The van der Waals surface area contributed by atoms with Gasteiger partial charge in [0.15, 0.2) is 0 Å². The smallest absolute Gasteiger partial charge is 0.259 e. The highest BCUT2D eigenvalue weighted by Crippen LogP contribution is 2.14. The third-order valence-corrected chi connectivity index (χ3v) is 3.40. The molecule has 1 heterocycles. The Balaban J connectivity index is 1.89. The number of carbonyl (C=O) groups excluding carboxylic acids is 2. The van der Waals surface area contributed by atoms with Gasteiger partial charge in [0.25, 0.3) is 5.91 Å². The Labute approximate surface area is 121 Å². The second kappa shape index (κ2) is 6.32. The van der Waals surface area contributed by atoms with Crippen LogP contribution >= 0.6 is 11.6 Å². The molecule has 0 aromatic heterocycles. The van der Waals surface area contributed by atoms with E-state index in [9.17, 15) is 19.8 Å². The fraction of sp³-hybridized carbons (Fsp3) is 0.385. The van der Waals surface area contributed by atoms with Crippen LogP contribution in [0.4, 0.5) is 0 Å². The molecule has 108 valence electrons. The largest absolute Gasteiger partial charge is 0.389 e. The molecule has 1 aromatic rings. The van der Waals surface area contributed by atoms with Crippen LogP contribution in [0.3, 0.4) is 0 Å². The van der Waals surface area contributed by atoms with Crippen molar-refractivity contribution in [3.8, 4) is 0 Å². The van der Waals surface area contributed by atoms with Gasteiger partial charge in [0.1, 0.15) is 0 Å². The lowest BCUT2D eigenvalue weighted by Crippen LogP contribution is -2.39. The number of nitrogens with one attached hydrogen (secondary N) is 1. The number of benzene rings is 1. The van der Waals surface area contributed by atoms with Gasteiger partial charge in [0, 0.05) is 13.1 Å². The molecule has 2 amide bonds. The van der Waals surface area contributed by atoms with E-state index in [0.717, 1.165) is 0 Å². The average Bonchev–Trinajstić information content (AvgIpc) is 2.68. The number of imide groups is 1. The number of amides is 2. The molecule has 0 bridgehead atoms. The summed E-state index contributed by atoms with van der Waals surface area (Å²) in [5.74, 6) is -1.07. The number of aliphatic hydroxyl groups excluding tert-OH is 2. The summed E-state index contributed by atoms with van der Waals surface area (Å²) in [6, 6.07) is 6.43. The van der Waals surface area contributed by atoms with Gasteiger partial charge in [-0.05, 0) is 12.1 Å². The topological polar surface area (TPSA) is 89.9 Å². The number of carbonyl (C=O) groups is 2. The molecule has 1 aliphatic heterocycles. The number of hydrogen-bond acceptors (Lipinski definition) is 5. The zero-order valence-corrected chi connectivity index (χ0v) is 11.4. The number of nitrogens with zero attached hydrogens (tertiary/aromatic N) is 1. The predicted octanol–water partition coefficient (Wildman–Crippen LogP) is -0.366. The minimum atomic E-state index is -0.859. The molecule has 0 aliphatic carbocycles. The van der Waals surface area contributed by atoms with Crippen LogP contribution in [-0.2, 0) is 4.79 Å². The summed E-state index contributed by atoms with van der Waals surface area (Å²) in [6.45, 7) is 0.341. The summed E-state index contributed by atoms with van der Waals surface area (Å²) >= 11 is 5.86. The Bertz CT molecular complexity index is 513. The second-order valence-corrected chi connectivity index (χ2v) is 5.09. The van der Waals surface area contributed by atoms with E-state index in [4.69, 9.17) is 11.6 Å². The van der Waals surface area contributed by atoms with E-state index < -0.39 is 24.0 Å². The Morgan fingerprint density at radius 2 is 1.85 bits per heavy atom. The van der Waals surface area contributed by atoms with Crippen LogP contribution in [0.15, 0.2) is 24.3 Å². The fourth-order valence-corrected chi connectivity index (χ4v) is 2.28. The highest BCUT2D eigenvalue weighted by Gasteiger charge is 2.30. The van der Waals surface area contributed by atoms with Crippen molar-refractivity contribution in [2.24, 2.45) is 0 Å². The monoisotopic (exact) mass is 298 g/mol. The van der Waals surface area contributed by atoms with Crippen molar-refractivity contribution in [2.75, 3.05) is 19.6 Å². The van der Waals surface area contributed by atoms with Crippen LogP contribution in [0, 0.1) is 0 Å². The van der Waals surface area contributed by atoms with Gasteiger partial charge in [-0.15, -0.1) is 0 Å². The summed E-state index contributed by atoms with van der Waals surface area (Å²) in [6.07, 6.45) is -1.72. The molecule has 0 radical (unpaired) electrons. The summed E-state index contributed by atoms with van der Waals surface area (Å²) in [7, 11) is 0. The molecule has 0 unspecified atom stereocenters. The summed E-state index contributed by atoms with van der Waals surface area (Å²) in [5, 5.41) is 21.2. The highest BCUT2D eigenvalue weighted by atomic mass is 35.5. The molecule has 1 aromatic carbocycles. The number of aliphatic hydroxyl groups is 2. The third kappa shape index (κ3) is 3.55. The van der Waals surface area contributed by atoms with E-state index in [2.05, 4.69) is 5.32 Å². The van der Waals surface area contributed by atoms with Gasteiger partial charge >= 0.3 is 0 Å². The Morgan fingerprint density at radius 1 is 1.25 bits per heavy atom. The van der Waals surface area contributed by atoms with Crippen LogP contribution < -0.4 is 5.32 Å². The predicted molar refractivity (Wildman–Crippen MR) is 72.4 cm³/mol. The molecule has 1 fully saturated rings. The van der Waals surface area contributed by atoms with Crippen LogP contribution in [-0.4, -0.2) is 58.8 Å². The lowest BCUT2D eigenvalue weighted by atomic mass is 10.2. The van der Waals surface area contributed by atoms with Gasteiger partial charge in [0.2, 0.25) is 5.91 Å². The van der Waals surface area contributed by atoms with Gasteiger partial charge in [-0.25, -0.2) is 0 Å². The molecule has 6 nitrogen and oxygen atoms in total. The van der Waals surface area contributed by atoms with E-state index in [0.29, 0.717) is 0 Å². The van der Waals surface area contributed by atoms with E-state index in [1.807, 2.05) is 0 Å². The van der Waals surface area contributed by atoms with E-state index in [1.165, 1.54) is 6.07 Å². The zero-order valence-electron chi connectivity index (χ0n) is 10.6. The molecule has 20 heavy (non-hydrogen) atoms. The molecule has 3 N–H and O–H groups in total. The number of likely N-dealkylation sites (tertiary alicyclic amines) is 1. The first-order valence-electron chi connectivity index (χ1n) is 6.14. The molecular formula is C13H15ClN2O4. The van der Waals surface area contributed by atoms with Gasteiger partial charge in [0.05, 0.1) is 29.3 Å². The Morgan fingerprint density at radius 3 is 2.45 bits per heavy atom. The maximum atomic E-state index is 11.8. The number of β-amino-alcohol motifs (C(OH)–C–C–N with tert-alkyl or cyclic N) is 2. The minimum absolute atomic E-state index is 0.0652. The van der Waals surface area contributed by atoms with Crippen molar-refractivity contribution in [3.63, 3.8) is 0 Å². The van der Waals surface area contributed by atoms with Crippen molar-refractivity contribution in [1.29, 1.82) is 0 Å². The first-order valence-corrected chi connectivity index (χ1v) is 6.52. The van der Waals surface area contributed by atoms with Crippen LogP contribution in [0.2, 0.25) is 5.02 Å². The van der Waals surface area contributed by atoms with Crippen molar-refractivity contribution < 1.29 is 19.8 Å². The quantitative estimate of drug-likeness (QED) is 0.709. The van der Waals surface area contributed by atoms with Crippen LogP contribution in [0.5, 0.6) is 0 Å². The van der Waals surface area contributed by atoms with Crippen LogP contribution in [0.1, 0.15) is 10.4 Å². The highest BCUT2D eigenvalue weighted by molar-refractivity contribution is 6.34. The number of hydrogen-bond donors (Lipinski definition) is 3. The van der Waals surface area contributed by atoms with E-state index >= 15 is 0 Å². The Kier molecular flexibility index (Phi) is 4.72. The average molecular weight is 299 g/mol. The maximum absolute atomic E-state index is 11.8. The normalized spacial score (nSPS) is 22.8. The third-order valence-electron chi connectivity index (χ3n) is 3.07. The summed E-state index contributed by atoms with van der Waals surface area (Å²) in [5.41, 5.74) is 0.226. The zero-order chi connectivity index (χ0) is 14.7. The van der Waals surface area contributed by atoms with Gasteiger partial charge < -0.3 is 10.2 Å². The summed E-state index contributed by atoms with van der Waals surface area (Å²) < 4.78 is 0. The Hall–Kier alpha value is -1.47. The molecule has 2 rings (SSSR count). The number of halogens is 1. The van der Waals surface area contributed by atoms with E-state index in [-0.39, 0.29) is 30.2 Å². The van der Waals surface area contributed by atoms with Crippen LogP contribution in [0.25, 0.3) is 0 Å². The summed E-state index contributed by atoms with van der Waals surface area (Å²) in [4.78, 5) is 25.1. The molecule has 0 spiro atoms. The fourth-order valence-electron chi connectivity index (χ4n) is 2.06. The molecular weight excluding hydrogens is 284 g/mol. The van der Waals surface area contributed by atoms with Gasteiger partial charge in [-0.1, -0.05) is 23.7 Å². The maximum Gasteiger partial charge on any atom is 0.259 e. The standard InChI is InChI=1S/C13H15ClN2O4/c14-9-4-2-1-3-8(9)13(20)15-12(19)7-16-5-10(17)11(18)6-16/h1-4,10-11,17-18H,5-7H2,(H,15,19,20)/t10-,11+. The molecule has 2 atom stereocenters. The SMILES string of the molecule is O=C(CN1C[C@@H](O)[C@@H](O)C1)NC(=O)c1ccccc1Cl. The van der Waals surface area contributed by atoms with Crippen molar-refractivity contribution in [3.05, 3.63) is 34.9 Å². The first-order chi connectivity index (χ1) is 9.47. The van der Waals surface area contributed by atoms with Gasteiger partial charge in [-0.2, -0.15) is 0 Å².